The molecule has 5 nitrogen and oxygen atoms in total. The lowest BCUT2D eigenvalue weighted by atomic mass is 10.0. The second-order valence-corrected chi connectivity index (χ2v) is 6.68. The molecule has 0 fully saturated rings. The third-order valence-corrected chi connectivity index (χ3v) is 5.16. The van der Waals surface area contributed by atoms with Crippen LogP contribution in [-0.2, 0) is 9.53 Å². The Hall–Kier alpha value is -2.34. The van der Waals surface area contributed by atoms with Crippen molar-refractivity contribution < 1.29 is 19.1 Å². The zero-order valence-corrected chi connectivity index (χ0v) is 16.4. The van der Waals surface area contributed by atoms with Crippen molar-refractivity contribution in [1.29, 1.82) is 0 Å². The summed E-state index contributed by atoms with van der Waals surface area (Å²) in [5, 5.41) is 5.32. The van der Waals surface area contributed by atoms with Crippen molar-refractivity contribution in [3.05, 3.63) is 35.2 Å². The number of rotatable bonds is 8. The van der Waals surface area contributed by atoms with Gasteiger partial charge in [-0.15, -0.1) is 11.3 Å². The number of benzene rings is 1. The van der Waals surface area contributed by atoms with Gasteiger partial charge >= 0.3 is 5.97 Å². The number of nitrogens with one attached hydrogen (secondary N) is 1. The normalized spacial score (nSPS) is 10.7. The molecule has 0 aliphatic heterocycles. The smallest absolute Gasteiger partial charge is 0.341 e. The molecule has 0 bridgehead atoms. The molecule has 0 spiro atoms. The average Bonchev–Trinajstić information content (AvgIpc) is 3.06. The molecule has 0 saturated carbocycles. The number of amides is 1. The molecule has 1 amide bonds. The Morgan fingerprint density at radius 3 is 2.31 bits per heavy atom. The van der Waals surface area contributed by atoms with Crippen molar-refractivity contribution >= 4 is 28.2 Å². The number of thiophene rings is 1. The molecule has 0 atom stereocenters. The van der Waals surface area contributed by atoms with Crippen LogP contribution in [0.5, 0.6) is 5.75 Å². The Morgan fingerprint density at radius 2 is 1.77 bits per heavy atom. The molecule has 0 radical (unpaired) electrons. The van der Waals surface area contributed by atoms with E-state index in [4.69, 9.17) is 9.47 Å². The summed E-state index contributed by atoms with van der Waals surface area (Å²) >= 11 is 1.34. The zero-order chi connectivity index (χ0) is 19.1. The van der Waals surface area contributed by atoms with Crippen LogP contribution in [0.4, 0.5) is 5.00 Å². The van der Waals surface area contributed by atoms with Crippen LogP contribution in [-0.4, -0.2) is 25.6 Å². The Bertz CT molecular complexity index is 748. The monoisotopic (exact) mass is 375 g/mol. The van der Waals surface area contributed by atoms with Gasteiger partial charge in [-0.1, -0.05) is 26.0 Å². The molecule has 0 saturated heterocycles. The number of carbonyl (C=O) groups excluding carboxylic acids is 2. The maximum Gasteiger partial charge on any atom is 0.341 e. The summed E-state index contributed by atoms with van der Waals surface area (Å²) in [7, 11) is 1.61. The van der Waals surface area contributed by atoms with Gasteiger partial charge in [-0.05, 0) is 37.5 Å². The van der Waals surface area contributed by atoms with Gasteiger partial charge in [0.1, 0.15) is 16.3 Å². The van der Waals surface area contributed by atoms with Gasteiger partial charge in [-0.2, -0.15) is 0 Å². The molecule has 0 aliphatic carbocycles. The summed E-state index contributed by atoms with van der Waals surface area (Å²) in [6.45, 7) is 6.00. The summed E-state index contributed by atoms with van der Waals surface area (Å²) in [5.74, 6) is 0.170. The highest BCUT2D eigenvalue weighted by molar-refractivity contribution is 7.15. The number of ether oxygens (including phenoxy) is 2. The lowest BCUT2D eigenvalue weighted by Crippen LogP contribution is -2.22. The lowest BCUT2D eigenvalue weighted by Gasteiger charge is -2.13. The maximum atomic E-state index is 12.5. The standard InChI is InChI=1S/C20H25NO4S/c1-5-13(6-2)18(22)21-19-17(20(23)25-7-3)16(12-26-19)14-8-10-15(24-4)11-9-14/h8-13H,5-7H2,1-4H3,(H,21,22). The number of methoxy groups -OCH3 is 1. The minimum absolute atomic E-state index is 0.0660. The van der Waals surface area contributed by atoms with E-state index in [1.54, 1.807) is 14.0 Å². The highest BCUT2D eigenvalue weighted by atomic mass is 32.1. The first kappa shape index (κ1) is 20.0. The maximum absolute atomic E-state index is 12.5. The van der Waals surface area contributed by atoms with Crippen molar-refractivity contribution in [3.63, 3.8) is 0 Å². The molecule has 1 aromatic carbocycles. The van der Waals surface area contributed by atoms with Gasteiger partial charge in [0.15, 0.2) is 0 Å². The van der Waals surface area contributed by atoms with Gasteiger partial charge in [0, 0.05) is 16.9 Å². The number of carbonyl (C=O) groups is 2. The Kier molecular flexibility index (Phi) is 7.21. The summed E-state index contributed by atoms with van der Waals surface area (Å²) in [4.78, 5) is 25.0. The van der Waals surface area contributed by atoms with Crippen molar-refractivity contribution in [2.45, 2.75) is 33.6 Å². The van der Waals surface area contributed by atoms with Gasteiger partial charge in [0.2, 0.25) is 5.91 Å². The van der Waals surface area contributed by atoms with Crippen molar-refractivity contribution in [1.82, 2.24) is 0 Å². The van der Waals surface area contributed by atoms with E-state index in [0.29, 0.717) is 10.6 Å². The highest BCUT2D eigenvalue weighted by Crippen LogP contribution is 2.37. The molecule has 0 aliphatic rings. The quantitative estimate of drug-likeness (QED) is 0.661. The van der Waals surface area contributed by atoms with Crippen LogP contribution >= 0.6 is 11.3 Å². The van der Waals surface area contributed by atoms with E-state index in [0.717, 1.165) is 29.7 Å². The summed E-state index contributed by atoms with van der Waals surface area (Å²) in [6.07, 6.45) is 1.52. The molecule has 2 aromatic rings. The summed E-state index contributed by atoms with van der Waals surface area (Å²) < 4.78 is 10.4. The van der Waals surface area contributed by atoms with E-state index in [9.17, 15) is 9.59 Å². The lowest BCUT2D eigenvalue weighted by molar-refractivity contribution is -0.120. The first-order valence-corrected chi connectivity index (χ1v) is 9.67. The van der Waals surface area contributed by atoms with Gasteiger partial charge in [0.05, 0.1) is 13.7 Å². The van der Waals surface area contributed by atoms with Crippen molar-refractivity contribution in [2.24, 2.45) is 5.92 Å². The predicted octanol–water partition coefficient (Wildman–Crippen LogP) is 4.98. The van der Waals surface area contributed by atoms with E-state index >= 15 is 0 Å². The molecule has 1 N–H and O–H groups in total. The molecule has 1 aromatic heterocycles. The zero-order valence-electron chi connectivity index (χ0n) is 15.6. The van der Waals surface area contributed by atoms with E-state index < -0.39 is 5.97 Å². The van der Waals surface area contributed by atoms with Crippen LogP contribution in [0.15, 0.2) is 29.6 Å². The largest absolute Gasteiger partial charge is 0.497 e. The second-order valence-electron chi connectivity index (χ2n) is 5.81. The average molecular weight is 375 g/mol. The van der Waals surface area contributed by atoms with Crippen LogP contribution in [0.3, 0.4) is 0 Å². The Balaban J connectivity index is 2.41. The van der Waals surface area contributed by atoms with Crippen LogP contribution < -0.4 is 10.1 Å². The van der Waals surface area contributed by atoms with Crippen LogP contribution in [0.2, 0.25) is 0 Å². The molecule has 0 unspecified atom stereocenters. The van der Waals surface area contributed by atoms with Gasteiger partial charge in [0.25, 0.3) is 0 Å². The topological polar surface area (TPSA) is 64.6 Å². The second kappa shape index (κ2) is 9.38. The fraction of sp³-hybridized carbons (Fsp3) is 0.400. The molecule has 6 heteroatoms. The number of anilines is 1. The Morgan fingerprint density at radius 1 is 1.12 bits per heavy atom. The summed E-state index contributed by atoms with van der Waals surface area (Å²) in [6, 6.07) is 7.45. The van der Waals surface area contributed by atoms with E-state index in [2.05, 4.69) is 5.32 Å². The van der Waals surface area contributed by atoms with Gasteiger partial charge in [-0.3, -0.25) is 4.79 Å². The van der Waals surface area contributed by atoms with Gasteiger partial charge in [-0.25, -0.2) is 4.79 Å². The minimum Gasteiger partial charge on any atom is -0.497 e. The van der Waals surface area contributed by atoms with Crippen LogP contribution in [0.25, 0.3) is 11.1 Å². The fourth-order valence-electron chi connectivity index (χ4n) is 2.71. The SMILES string of the molecule is CCOC(=O)c1c(-c2ccc(OC)cc2)csc1NC(=O)C(CC)CC. The first-order valence-electron chi connectivity index (χ1n) is 8.79. The third-order valence-electron chi connectivity index (χ3n) is 4.26. The number of hydrogen-bond acceptors (Lipinski definition) is 5. The number of esters is 1. The molecule has 1 heterocycles. The fourth-order valence-corrected chi connectivity index (χ4v) is 3.67. The molecular formula is C20H25NO4S. The molecule has 26 heavy (non-hydrogen) atoms. The number of hydrogen-bond donors (Lipinski definition) is 1. The van der Waals surface area contributed by atoms with Crippen molar-refractivity contribution in [3.8, 4) is 16.9 Å². The highest BCUT2D eigenvalue weighted by Gasteiger charge is 2.24. The van der Waals surface area contributed by atoms with E-state index in [-0.39, 0.29) is 18.4 Å². The molecular weight excluding hydrogens is 350 g/mol. The minimum atomic E-state index is -0.431. The third kappa shape index (κ3) is 4.43. The van der Waals surface area contributed by atoms with Gasteiger partial charge < -0.3 is 14.8 Å². The van der Waals surface area contributed by atoms with E-state index in [1.807, 2.05) is 43.5 Å². The Labute approximate surface area is 158 Å². The summed E-state index contributed by atoms with van der Waals surface area (Å²) in [5.41, 5.74) is 2.02. The van der Waals surface area contributed by atoms with Crippen LogP contribution in [0.1, 0.15) is 44.0 Å². The van der Waals surface area contributed by atoms with E-state index in [1.165, 1.54) is 11.3 Å². The first-order chi connectivity index (χ1) is 12.5. The van der Waals surface area contributed by atoms with Crippen LogP contribution in [0, 0.1) is 5.92 Å². The molecule has 2 rings (SSSR count). The van der Waals surface area contributed by atoms with Crippen molar-refractivity contribution in [2.75, 3.05) is 19.0 Å². The predicted molar refractivity (Wildman–Crippen MR) is 105 cm³/mol. The molecule has 140 valence electrons.